The van der Waals surface area contributed by atoms with Gasteiger partial charge in [-0.25, -0.2) is 0 Å². The Labute approximate surface area is 168 Å². The van der Waals surface area contributed by atoms with Crippen LogP contribution in [0.2, 0.25) is 0 Å². The number of carbonyl (C=O) groups is 1. The van der Waals surface area contributed by atoms with Crippen molar-refractivity contribution in [3.63, 3.8) is 0 Å². The first-order chi connectivity index (χ1) is 14.2. The van der Waals surface area contributed by atoms with Crippen molar-refractivity contribution in [3.05, 3.63) is 63.4 Å². The second-order valence-electron chi connectivity index (χ2n) is 8.07. The molecule has 0 spiro atoms. The minimum absolute atomic E-state index is 0.0865. The van der Waals surface area contributed by atoms with E-state index in [1.807, 2.05) is 42.2 Å². The maximum atomic E-state index is 13.8. The van der Waals surface area contributed by atoms with Crippen molar-refractivity contribution in [2.75, 3.05) is 0 Å². The van der Waals surface area contributed by atoms with E-state index in [0.29, 0.717) is 11.6 Å². The van der Waals surface area contributed by atoms with Crippen molar-refractivity contribution in [2.24, 2.45) is 12.2 Å². The highest BCUT2D eigenvalue weighted by molar-refractivity contribution is 6.08. The summed E-state index contributed by atoms with van der Waals surface area (Å²) in [6.07, 6.45) is 8.71. The van der Waals surface area contributed by atoms with Crippen LogP contribution in [0.5, 0.6) is 0 Å². The number of aryl methyl sites for hydroxylation is 2. The predicted octanol–water partition coefficient (Wildman–Crippen LogP) is 3.87. The summed E-state index contributed by atoms with van der Waals surface area (Å²) in [5.74, 6) is 0.0865. The average molecular weight is 389 g/mol. The molecule has 2 aliphatic carbocycles. The predicted molar refractivity (Wildman–Crippen MR) is 109 cm³/mol. The highest BCUT2D eigenvalue weighted by Gasteiger charge is 2.39. The van der Waals surface area contributed by atoms with Gasteiger partial charge in [0.25, 0.3) is 5.91 Å². The molecular formula is C21H23N7O. The Bertz CT molecular complexity index is 1130. The zero-order valence-corrected chi connectivity index (χ0v) is 16.4. The Kier molecular flexibility index (Phi) is 4.28. The zero-order valence-electron chi connectivity index (χ0n) is 16.4. The van der Waals surface area contributed by atoms with Crippen molar-refractivity contribution in [3.8, 4) is 0 Å². The van der Waals surface area contributed by atoms with Crippen LogP contribution < -0.4 is 0 Å². The number of aromatic nitrogens is 3. The monoisotopic (exact) mass is 389 g/mol. The summed E-state index contributed by atoms with van der Waals surface area (Å²) >= 11 is 0. The molecule has 1 fully saturated rings. The van der Waals surface area contributed by atoms with Crippen LogP contribution in [0.3, 0.4) is 0 Å². The summed E-state index contributed by atoms with van der Waals surface area (Å²) in [5.41, 5.74) is 13.8. The molecule has 2 heterocycles. The summed E-state index contributed by atoms with van der Waals surface area (Å²) in [4.78, 5) is 18.8. The van der Waals surface area contributed by atoms with Crippen molar-refractivity contribution >= 4 is 16.8 Å². The van der Waals surface area contributed by atoms with Crippen LogP contribution in [0.15, 0.2) is 35.7 Å². The molecule has 148 valence electrons. The molecule has 2 aromatic heterocycles. The summed E-state index contributed by atoms with van der Waals surface area (Å²) in [7, 11) is 1.95. The van der Waals surface area contributed by atoms with Gasteiger partial charge in [-0.15, -0.1) is 0 Å². The SMILES string of the molecule is Cn1cc(CN=[N+]=[N-])c2c(C(=O)N(C3CC3)C3CCc4[nH]ncc4C3)cccc21. The molecule has 8 nitrogen and oxygen atoms in total. The van der Waals surface area contributed by atoms with Crippen LogP contribution in [0.25, 0.3) is 21.3 Å². The number of hydrogen-bond donors (Lipinski definition) is 1. The fourth-order valence-electron chi connectivity index (χ4n) is 4.70. The van der Waals surface area contributed by atoms with Crippen LogP contribution in [-0.4, -0.2) is 37.7 Å². The fraction of sp³-hybridized carbons (Fsp3) is 0.429. The standard InChI is InChI=1S/C21H23N7O/c1-27-12-14(11-24-26-22)20-17(3-2-4-19(20)27)21(29)28(15-5-6-15)16-7-8-18-13(9-16)10-23-25-18/h2-4,10,12,15-16H,5-9,11H2,1H3,(H,23,25). The molecule has 0 aliphatic heterocycles. The molecule has 1 aromatic carbocycles. The molecule has 1 N–H and O–H groups in total. The molecule has 0 saturated heterocycles. The maximum absolute atomic E-state index is 13.8. The second kappa shape index (κ2) is 6.97. The molecule has 1 unspecified atom stereocenters. The van der Waals surface area contributed by atoms with E-state index in [0.717, 1.165) is 48.6 Å². The van der Waals surface area contributed by atoms with Gasteiger partial charge in [0.15, 0.2) is 0 Å². The van der Waals surface area contributed by atoms with Crippen LogP contribution in [-0.2, 0) is 26.4 Å². The summed E-state index contributed by atoms with van der Waals surface area (Å²) < 4.78 is 1.99. The minimum Gasteiger partial charge on any atom is -0.350 e. The summed E-state index contributed by atoms with van der Waals surface area (Å²) in [5, 5.41) is 11.9. The number of azide groups is 1. The minimum atomic E-state index is 0.0865. The number of fused-ring (bicyclic) bond motifs is 2. The van der Waals surface area contributed by atoms with E-state index in [4.69, 9.17) is 5.53 Å². The highest BCUT2D eigenvalue weighted by Crippen LogP contribution is 2.36. The summed E-state index contributed by atoms with van der Waals surface area (Å²) in [6.45, 7) is 0.239. The third kappa shape index (κ3) is 3.06. The van der Waals surface area contributed by atoms with Gasteiger partial charge in [0.2, 0.25) is 0 Å². The van der Waals surface area contributed by atoms with Gasteiger partial charge in [-0.1, -0.05) is 11.2 Å². The molecule has 0 bridgehead atoms. The largest absolute Gasteiger partial charge is 0.350 e. The molecular weight excluding hydrogens is 366 g/mol. The Balaban J connectivity index is 1.55. The third-order valence-corrected chi connectivity index (χ3v) is 6.19. The van der Waals surface area contributed by atoms with Crippen LogP contribution >= 0.6 is 0 Å². The van der Waals surface area contributed by atoms with Crippen molar-refractivity contribution in [1.82, 2.24) is 19.7 Å². The number of benzene rings is 1. The van der Waals surface area contributed by atoms with Gasteiger partial charge < -0.3 is 9.47 Å². The van der Waals surface area contributed by atoms with Crippen LogP contribution in [0.4, 0.5) is 0 Å². The lowest BCUT2D eigenvalue weighted by Crippen LogP contribution is -2.45. The Morgan fingerprint density at radius 3 is 3.03 bits per heavy atom. The Hall–Kier alpha value is -3.25. The lowest BCUT2D eigenvalue weighted by Gasteiger charge is -2.34. The van der Waals surface area contributed by atoms with E-state index >= 15 is 0 Å². The van der Waals surface area contributed by atoms with Crippen molar-refractivity contribution in [1.29, 1.82) is 0 Å². The molecule has 2 aliphatic rings. The quantitative estimate of drug-likeness (QED) is 0.407. The number of rotatable bonds is 5. The smallest absolute Gasteiger partial charge is 0.255 e. The van der Waals surface area contributed by atoms with Crippen molar-refractivity contribution in [2.45, 2.75) is 50.7 Å². The van der Waals surface area contributed by atoms with Gasteiger partial charge >= 0.3 is 0 Å². The van der Waals surface area contributed by atoms with E-state index in [1.165, 1.54) is 11.3 Å². The highest BCUT2D eigenvalue weighted by atomic mass is 16.2. The molecule has 5 rings (SSSR count). The second-order valence-corrected chi connectivity index (χ2v) is 8.07. The van der Waals surface area contributed by atoms with Crippen LogP contribution in [0.1, 0.15) is 46.4 Å². The Morgan fingerprint density at radius 1 is 1.38 bits per heavy atom. The Morgan fingerprint density at radius 2 is 2.24 bits per heavy atom. The van der Waals surface area contributed by atoms with Gasteiger partial charge in [-0.3, -0.25) is 9.89 Å². The van der Waals surface area contributed by atoms with Gasteiger partial charge in [-0.2, -0.15) is 5.10 Å². The van der Waals surface area contributed by atoms with E-state index in [2.05, 4.69) is 25.1 Å². The topological polar surface area (TPSA) is 103 Å². The number of nitrogens with one attached hydrogen (secondary N) is 1. The first-order valence-corrected chi connectivity index (χ1v) is 10.1. The zero-order chi connectivity index (χ0) is 20.0. The van der Waals surface area contributed by atoms with E-state index in [-0.39, 0.29) is 18.5 Å². The molecule has 1 atom stereocenters. The molecule has 29 heavy (non-hydrogen) atoms. The lowest BCUT2D eigenvalue weighted by molar-refractivity contribution is 0.0645. The maximum Gasteiger partial charge on any atom is 0.255 e. The van der Waals surface area contributed by atoms with E-state index < -0.39 is 0 Å². The first kappa shape index (κ1) is 17.8. The molecule has 8 heteroatoms. The molecule has 3 aromatic rings. The van der Waals surface area contributed by atoms with Gasteiger partial charge in [0.1, 0.15) is 0 Å². The molecule has 1 amide bonds. The van der Waals surface area contributed by atoms with Gasteiger partial charge in [0.05, 0.1) is 12.7 Å². The van der Waals surface area contributed by atoms with Gasteiger partial charge in [-0.05, 0) is 60.9 Å². The first-order valence-electron chi connectivity index (χ1n) is 10.1. The average Bonchev–Trinajstić information content (AvgIpc) is 3.35. The number of nitrogens with zero attached hydrogens (tertiary/aromatic N) is 6. The molecule has 1 saturated carbocycles. The van der Waals surface area contributed by atoms with E-state index in [9.17, 15) is 4.79 Å². The lowest BCUT2D eigenvalue weighted by atomic mass is 9.91. The van der Waals surface area contributed by atoms with Gasteiger partial charge in [0, 0.05) is 52.4 Å². The number of hydrogen-bond acceptors (Lipinski definition) is 3. The van der Waals surface area contributed by atoms with E-state index in [1.54, 1.807) is 0 Å². The number of carbonyl (C=O) groups excluding carboxylic acids is 1. The normalized spacial score (nSPS) is 18.3. The number of amides is 1. The van der Waals surface area contributed by atoms with Crippen molar-refractivity contribution < 1.29 is 4.79 Å². The number of H-pyrrole nitrogens is 1. The third-order valence-electron chi connectivity index (χ3n) is 6.19. The number of aromatic amines is 1. The van der Waals surface area contributed by atoms with Crippen LogP contribution in [0, 0.1) is 0 Å². The molecule has 0 radical (unpaired) electrons. The fourth-order valence-corrected chi connectivity index (χ4v) is 4.70. The summed E-state index contributed by atoms with van der Waals surface area (Å²) in [6, 6.07) is 6.37.